The van der Waals surface area contributed by atoms with Crippen LogP contribution in [0.4, 0.5) is 5.69 Å². The summed E-state index contributed by atoms with van der Waals surface area (Å²) in [5.74, 6) is 0.470. The monoisotopic (exact) mass is 296 g/mol. The number of carbonyl (C=O) groups excluding carboxylic acids is 1. The molecule has 1 rings (SSSR count). The van der Waals surface area contributed by atoms with Crippen LogP contribution < -0.4 is 20.5 Å². The van der Waals surface area contributed by atoms with Crippen LogP contribution >= 0.6 is 12.2 Å². The average Bonchev–Trinajstić information content (AvgIpc) is 2.37. The minimum atomic E-state index is -0.512. The Morgan fingerprint density at radius 3 is 2.05 bits per heavy atom. The van der Waals surface area contributed by atoms with Gasteiger partial charge < -0.3 is 20.5 Å². The number of rotatable bonds is 6. The first kappa shape index (κ1) is 16.2. The molecule has 6 heteroatoms. The quantitative estimate of drug-likeness (QED) is 0.787. The van der Waals surface area contributed by atoms with Gasteiger partial charge in [-0.25, -0.2) is 0 Å². The van der Waals surface area contributed by atoms with Gasteiger partial charge in [0.2, 0.25) is 5.91 Å². The van der Waals surface area contributed by atoms with E-state index in [9.17, 15) is 4.79 Å². The lowest BCUT2D eigenvalue weighted by Gasteiger charge is -2.19. The first-order valence-corrected chi connectivity index (χ1v) is 6.63. The first-order valence-electron chi connectivity index (χ1n) is 6.22. The average molecular weight is 296 g/mol. The largest absolute Gasteiger partial charge is 0.497 e. The van der Waals surface area contributed by atoms with Crippen molar-refractivity contribution in [3.8, 4) is 11.5 Å². The maximum Gasteiger partial charge on any atom is 0.234 e. The predicted octanol–water partition coefficient (Wildman–Crippen LogP) is 2.20. The molecule has 0 heterocycles. The molecular formula is C14H20N2O3S. The zero-order valence-electron chi connectivity index (χ0n) is 12.1. The van der Waals surface area contributed by atoms with E-state index in [1.807, 2.05) is 13.8 Å². The Morgan fingerprint density at radius 1 is 1.20 bits per heavy atom. The van der Waals surface area contributed by atoms with Gasteiger partial charge in [-0.3, -0.25) is 4.79 Å². The summed E-state index contributed by atoms with van der Waals surface area (Å²) >= 11 is 4.95. The van der Waals surface area contributed by atoms with Gasteiger partial charge in [-0.1, -0.05) is 26.1 Å². The molecule has 5 nitrogen and oxygen atoms in total. The van der Waals surface area contributed by atoms with E-state index in [4.69, 9.17) is 27.4 Å². The SMILES string of the molecule is COc1cc(NC(=O)C(C(N)=S)C(C)C)cc(OC)c1. The van der Waals surface area contributed by atoms with Crippen molar-refractivity contribution in [2.75, 3.05) is 19.5 Å². The Hall–Kier alpha value is -1.82. The summed E-state index contributed by atoms with van der Waals surface area (Å²) in [4.78, 5) is 12.4. The third-order valence-corrected chi connectivity index (χ3v) is 3.13. The molecule has 0 fully saturated rings. The number of anilines is 1. The van der Waals surface area contributed by atoms with Gasteiger partial charge in [0, 0.05) is 23.9 Å². The fraction of sp³-hybridized carbons (Fsp3) is 0.429. The summed E-state index contributed by atoms with van der Waals surface area (Å²) in [5.41, 5.74) is 6.20. The summed E-state index contributed by atoms with van der Waals surface area (Å²) in [6.07, 6.45) is 0. The van der Waals surface area contributed by atoms with E-state index in [2.05, 4.69) is 5.32 Å². The Kier molecular flexibility index (Phi) is 5.76. The minimum Gasteiger partial charge on any atom is -0.497 e. The normalized spacial score (nSPS) is 11.8. The molecule has 0 spiro atoms. The fourth-order valence-corrected chi connectivity index (χ4v) is 2.24. The molecule has 1 aromatic carbocycles. The zero-order chi connectivity index (χ0) is 15.3. The van der Waals surface area contributed by atoms with Crippen LogP contribution in [0.15, 0.2) is 18.2 Å². The number of nitrogens with two attached hydrogens (primary N) is 1. The van der Waals surface area contributed by atoms with Crippen molar-refractivity contribution < 1.29 is 14.3 Å². The fourth-order valence-electron chi connectivity index (χ4n) is 1.86. The van der Waals surface area contributed by atoms with E-state index in [0.717, 1.165) is 0 Å². The highest BCUT2D eigenvalue weighted by atomic mass is 32.1. The van der Waals surface area contributed by atoms with Crippen LogP contribution in [0.1, 0.15) is 13.8 Å². The molecule has 1 atom stereocenters. The molecule has 1 amide bonds. The van der Waals surface area contributed by atoms with Gasteiger partial charge in [0.15, 0.2) is 0 Å². The first-order chi connectivity index (χ1) is 9.38. The van der Waals surface area contributed by atoms with Crippen molar-refractivity contribution in [3.05, 3.63) is 18.2 Å². The van der Waals surface area contributed by atoms with Gasteiger partial charge in [0.1, 0.15) is 11.5 Å². The van der Waals surface area contributed by atoms with E-state index < -0.39 is 5.92 Å². The topological polar surface area (TPSA) is 73.6 Å². The summed E-state index contributed by atoms with van der Waals surface area (Å²) in [6.45, 7) is 3.80. The lowest BCUT2D eigenvalue weighted by molar-refractivity contribution is -0.118. The highest BCUT2D eigenvalue weighted by Gasteiger charge is 2.25. The molecule has 0 aromatic heterocycles. The smallest absolute Gasteiger partial charge is 0.234 e. The molecular weight excluding hydrogens is 276 g/mol. The van der Waals surface area contributed by atoms with E-state index in [1.54, 1.807) is 32.4 Å². The summed E-state index contributed by atoms with van der Waals surface area (Å²) < 4.78 is 10.3. The predicted molar refractivity (Wildman–Crippen MR) is 83.3 cm³/mol. The van der Waals surface area contributed by atoms with Gasteiger partial charge in [-0.15, -0.1) is 0 Å². The van der Waals surface area contributed by atoms with E-state index in [1.165, 1.54) is 0 Å². The second-order valence-corrected chi connectivity index (χ2v) is 5.19. The van der Waals surface area contributed by atoms with Gasteiger partial charge in [0.05, 0.1) is 25.1 Å². The molecule has 0 aliphatic rings. The number of amides is 1. The van der Waals surface area contributed by atoms with Crippen LogP contribution in [0.2, 0.25) is 0 Å². The van der Waals surface area contributed by atoms with Gasteiger partial charge in [-0.2, -0.15) is 0 Å². The van der Waals surface area contributed by atoms with Gasteiger partial charge in [-0.05, 0) is 5.92 Å². The standard InChI is InChI=1S/C14H20N2O3S/c1-8(2)12(13(15)20)14(17)16-9-5-10(18-3)7-11(6-9)19-4/h5-8,12H,1-4H3,(H2,15,20)(H,16,17). The van der Waals surface area contributed by atoms with Crippen LogP contribution in [0.3, 0.4) is 0 Å². The summed E-state index contributed by atoms with van der Waals surface area (Å²) in [5, 5.41) is 2.79. The number of ether oxygens (including phenoxy) is 2. The highest BCUT2D eigenvalue weighted by Crippen LogP contribution is 2.26. The third kappa shape index (κ3) is 4.09. The number of methoxy groups -OCH3 is 2. The third-order valence-electron chi connectivity index (χ3n) is 2.87. The number of carbonyl (C=O) groups is 1. The summed E-state index contributed by atoms with van der Waals surface area (Å²) in [6, 6.07) is 5.14. The molecule has 0 bridgehead atoms. The second kappa shape index (κ2) is 7.09. The van der Waals surface area contributed by atoms with E-state index >= 15 is 0 Å². The van der Waals surface area contributed by atoms with Crippen LogP contribution in [0, 0.1) is 11.8 Å². The second-order valence-electron chi connectivity index (χ2n) is 4.71. The molecule has 1 unspecified atom stereocenters. The Morgan fingerprint density at radius 2 is 1.70 bits per heavy atom. The van der Waals surface area contributed by atoms with E-state index in [-0.39, 0.29) is 16.8 Å². The molecule has 0 aliphatic carbocycles. The summed E-state index contributed by atoms with van der Waals surface area (Å²) in [7, 11) is 3.10. The molecule has 0 radical (unpaired) electrons. The number of hydrogen-bond acceptors (Lipinski definition) is 4. The van der Waals surface area contributed by atoms with Crippen LogP contribution in [0.5, 0.6) is 11.5 Å². The highest BCUT2D eigenvalue weighted by molar-refractivity contribution is 7.80. The van der Waals surface area contributed by atoms with Crippen molar-refractivity contribution >= 4 is 28.8 Å². The van der Waals surface area contributed by atoms with Crippen molar-refractivity contribution in [1.29, 1.82) is 0 Å². The van der Waals surface area contributed by atoms with Crippen molar-refractivity contribution in [2.24, 2.45) is 17.6 Å². The Bertz CT molecular complexity index is 481. The molecule has 0 saturated heterocycles. The minimum absolute atomic E-state index is 0.0278. The lowest BCUT2D eigenvalue weighted by Crippen LogP contribution is -2.36. The molecule has 0 aliphatic heterocycles. The number of thiocarbonyl (C=S) groups is 1. The van der Waals surface area contributed by atoms with Gasteiger partial charge in [0.25, 0.3) is 0 Å². The molecule has 0 saturated carbocycles. The number of hydrogen-bond donors (Lipinski definition) is 2. The maximum atomic E-state index is 12.2. The molecule has 20 heavy (non-hydrogen) atoms. The zero-order valence-corrected chi connectivity index (χ0v) is 12.9. The Labute approximate surface area is 124 Å². The van der Waals surface area contributed by atoms with Crippen molar-refractivity contribution in [3.63, 3.8) is 0 Å². The van der Waals surface area contributed by atoms with Crippen molar-refractivity contribution in [2.45, 2.75) is 13.8 Å². The van der Waals surface area contributed by atoms with Gasteiger partial charge >= 0.3 is 0 Å². The molecule has 3 N–H and O–H groups in total. The van der Waals surface area contributed by atoms with Crippen LogP contribution in [-0.4, -0.2) is 25.1 Å². The van der Waals surface area contributed by atoms with Crippen LogP contribution in [-0.2, 0) is 4.79 Å². The maximum absolute atomic E-state index is 12.2. The molecule has 110 valence electrons. The number of benzene rings is 1. The lowest BCUT2D eigenvalue weighted by atomic mass is 9.95. The number of nitrogens with one attached hydrogen (secondary N) is 1. The molecule has 1 aromatic rings. The van der Waals surface area contributed by atoms with E-state index in [0.29, 0.717) is 17.2 Å². The Balaban J connectivity index is 2.97. The van der Waals surface area contributed by atoms with Crippen LogP contribution in [0.25, 0.3) is 0 Å². The van der Waals surface area contributed by atoms with Crippen molar-refractivity contribution in [1.82, 2.24) is 0 Å².